The van der Waals surface area contributed by atoms with Crippen molar-refractivity contribution in [1.29, 1.82) is 0 Å². The summed E-state index contributed by atoms with van der Waals surface area (Å²) >= 11 is 0. The van der Waals surface area contributed by atoms with E-state index in [-0.39, 0.29) is 24.3 Å². The van der Waals surface area contributed by atoms with E-state index >= 15 is 0 Å². The molecule has 1 aliphatic carbocycles. The maximum absolute atomic E-state index is 11.9. The van der Waals surface area contributed by atoms with Crippen LogP contribution >= 0.6 is 0 Å². The summed E-state index contributed by atoms with van der Waals surface area (Å²) in [5.74, 6) is -1.30. The fourth-order valence-electron chi connectivity index (χ4n) is 2.59. The van der Waals surface area contributed by atoms with Crippen LogP contribution in [0.5, 0.6) is 0 Å². The highest BCUT2D eigenvalue weighted by atomic mass is 16.4. The highest BCUT2D eigenvalue weighted by molar-refractivity contribution is 5.88. The van der Waals surface area contributed by atoms with Crippen LogP contribution < -0.4 is 5.32 Å². The van der Waals surface area contributed by atoms with Crippen molar-refractivity contribution in [3.63, 3.8) is 0 Å². The molecule has 1 saturated carbocycles. The van der Waals surface area contributed by atoms with Crippen molar-refractivity contribution in [3.05, 3.63) is 0 Å². The molecule has 20 heavy (non-hydrogen) atoms. The van der Waals surface area contributed by atoms with Gasteiger partial charge in [-0.2, -0.15) is 0 Å². The number of carboxylic acid groups (broad SMARTS) is 1. The van der Waals surface area contributed by atoms with Crippen LogP contribution in [-0.2, 0) is 14.4 Å². The zero-order chi connectivity index (χ0) is 14.5. The Bertz CT molecular complexity index is 393. The Hall–Kier alpha value is -1.59. The minimum Gasteiger partial charge on any atom is -0.480 e. The monoisotopic (exact) mass is 282 g/mol. The Morgan fingerprint density at radius 1 is 1.25 bits per heavy atom. The van der Waals surface area contributed by atoms with Crippen molar-refractivity contribution in [2.45, 2.75) is 51.0 Å². The maximum Gasteiger partial charge on any atom is 0.326 e. The molecule has 0 bridgehead atoms. The third kappa shape index (κ3) is 4.21. The molecule has 0 aromatic rings. The quantitative estimate of drug-likeness (QED) is 0.779. The molecule has 1 unspecified atom stereocenters. The van der Waals surface area contributed by atoms with Gasteiger partial charge in [0.25, 0.3) is 0 Å². The van der Waals surface area contributed by atoms with Gasteiger partial charge in [0.2, 0.25) is 11.8 Å². The smallest absolute Gasteiger partial charge is 0.326 e. The molecular weight excluding hydrogens is 260 g/mol. The molecule has 2 rings (SSSR count). The molecule has 0 aromatic heterocycles. The van der Waals surface area contributed by atoms with Crippen LogP contribution in [0.4, 0.5) is 0 Å². The predicted molar refractivity (Wildman–Crippen MR) is 72.0 cm³/mol. The molecule has 1 aliphatic heterocycles. The topological polar surface area (TPSA) is 86.7 Å². The predicted octanol–water partition coefficient (Wildman–Crippen LogP) is 0.758. The number of carbonyl (C=O) groups excluding carboxylic acids is 2. The zero-order valence-corrected chi connectivity index (χ0v) is 11.6. The van der Waals surface area contributed by atoms with E-state index in [1.807, 2.05) is 0 Å². The lowest BCUT2D eigenvalue weighted by atomic mass is 10.1. The lowest BCUT2D eigenvalue weighted by Gasteiger charge is -2.25. The van der Waals surface area contributed by atoms with E-state index in [4.69, 9.17) is 5.11 Å². The summed E-state index contributed by atoms with van der Waals surface area (Å²) in [5, 5.41) is 11.6. The molecule has 1 saturated heterocycles. The molecule has 1 heterocycles. The van der Waals surface area contributed by atoms with Crippen LogP contribution in [0.15, 0.2) is 0 Å². The number of carboxylic acids is 1. The molecule has 112 valence electrons. The van der Waals surface area contributed by atoms with Gasteiger partial charge < -0.3 is 15.3 Å². The van der Waals surface area contributed by atoms with Crippen LogP contribution in [0, 0.1) is 5.92 Å². The first-order chi connectivity index (χ1) is 9.58. The van der Waals surface area contributed by atoms with Crippen molar-refractivity contribution in [3.8, 4) is 0 Å². The Morgan fingerprint density at radius 2 is 1.95 bits per heavy atom. The number of amides is 2. The Labute approximate surface area is 118 Å². The third-order valence-corrected chi connectivity index (χ3v) is 3.93. The number of carbonyl (C=O) groups is 3. The second-order valence-corrected chi connectivity index (χ2v) is 5.70. The van der Waals surface area contributed by atoms with Gasteiger partial charge in [-0.05, 0) is 31.6 Å². The van der Waals surface area contributed by atoms with Gasteiger partial charge in [-0.1, -0.05) is 12.8 Å². The second kappa shape index (κ2) is 6.72. The van der Waals surface area contributed by atoms with E-state index in [2.05, 4.69) is 5.32 Å². The Morgan fingerprint density at radius 3 is 2.60 bits per heavy atom. The molecule has 2 N–H and O–H groups in total. The first kappa shape index (κ1) is 14.8. The normalized spacial score (nSPS) is 21.8. The summed E-state index contributed by atoms with van der Waals surface area (Å²) in [6.45, 7) is 0.572. The Kier molecular flexibility index (Phi) is 4.98. The van der Waals surface area contributed by atoms with Crippen LogP contribution in [-0.4, -0.2) is 46.9 Å². The average molecular weight is 282 g/mol. The lowest BCUT2D eigenvalue weighted by molar-refractivity contribution is -0.143. The van der Waals surface area contributed by atoms with E-state index in [0.717, 1.165) is 38.5 Å². The number of rotatable bonds is 5. The second-order valence-electron chi connectivity index (χ2n) is 5.70. The molecule has 6 nitrogen and oxygen atoms in total. The van der Waals surface area contributed by atoms with Gasteiger partial charge in [0.05, 0.1) is 6.54 Å². The molecule has 2 fully saturated rings. The Balaban J connectivity index is 1.85. The van der Waals surface area contributed by atoms with Gasteiger partial charge in [0.15, 0.2) is 0 Å². The number of hydrogen-bond acceptors (Lipinski definition) is 3. The summed E-state index contributed by atoms with van der Waals surface area (Å²) in [6.07, 6.45) is 6.10. The van der Waals surface area contributed by atoms with E-state index in [0.29, 0.717) is 13.0 Å². The maximum atomic E-state index is 11.9. The summed E-state index contributed by atoms with van der Waals surface area (Å²) in [5.41, 5.74) is 0. The lowest BCUT2D eigenvalue weighted by Crippen LogP contribution is -2.48. The molecule has 0 radical (unpaired) electrons. The largest absolute Gasteiger partial charge is 0.480 e. The van der Waals surface area contributed by atoms with Crippen LogP contribution in [0.25, 0.3) is 0 Å². The summed E-state index contributed by atoms with van der Waals surface area (Å²) in [6, 6.07) is -0.799. The van der Waals surface area contributed by atoms with Crippen molar-refractivity contribution in [2.24, 2.45) is 5.92 Å². The SMILES string of the molecule is O=C(CN1CCCCCCC1=O)NC(C(=O)O)C1CC1. The molecule has 6 heteroatoms. The molecular formula is C14H22N2O4. The zero-order valence-electron chi connectivity index (χ0n) is 11.6. The fraction of sp³-hybridized carbons (Fsp3) is 0.786. The van der Waals surface area contributed by atoms with Gasteiger partial charge in [-0.3, -0.25) is 9.59 Å². The van der Waals surface area contributed by atoms with E-state index in [1.165, 1.54) is 0 Å². The minimum absolute atomic E-state index is 0.00172. The highest BCUT2D eigenvalue weighted by Crippen LogP contribution is 2.32. The summed E-state index contributed by atoms with van der Waals surface area (Å²) < 4.78 is 0. The minimum atomic E-state index is -0.986. The van der Waals surface area contributed by atoms with Gasteiger partial charge in [0.1, 0.15) is 6.04 Å². The molecule has 0 aromatic carbocycles. The van der Waals surface area contributed by atoms with Gasteiger partial charge in [0, 0.05) is 13.0 Å². The highest BCUT2D eigenvalue weighted by Gasteiger charge is 2.37. The number of likely N-dealkylation sites (tertiary alicyclic amines) is 1. The van der Waals surface area contributed by atoms with Crippen molar-refractivity contribution >= 4 is 17.8 Å². The van der Waals surface area contributed by atoms with E-state index < -0.39 is 12.0 Å². The van der Waals surface area contributed by atoms with E-state index in [1.54, 1.807) is 4.90 Å². The third-order valence-electron chi connectivity index (χ3n) is 3.93. The van der Waals surface area contributed by atoms with Gasteiger partial charge in [-0.15, -0.1) is 0 Å². The number of nitrogens with one attached hydrogen (secondary N) is 1. The van der Waals surface area contributed by atoms with Crippen molar-refractivity contribution < 1.29 is 19.5 Å². The average Bonchev–Trinajstić information content (AvgIpc) is 3.19. The van der Waals surface area contributed by atoms with E-state index in [9.17, 15) is 14.4 Å². The standard InChI is InChI=1S/C14H22N2O4/c17-11(15-13(14(19)20)10-6-7-10)9-16-8-4-2-1-3-5-12(16)18/h10,13H,1-9H2,(H,15,17)(H,19,20). The molecule has 2 aliphatic rings. The van der Waals surface area contributed by atoms with Crippen molar-refractivity contribution in [2.75, 3.05) is 13.1 Å². The number of hydrogen-bond donors (Lipinski definition) is 2. The van der Waals surface area contributed by atoms with Gasteiger partial charge in [-0.25, -0.2) is 4.79 Å². The first-order valence-electron chi connectivity index (χ1n) is 7.38. The first-order valence-corrected chi connectivity index (χ1v) is 7.38. The van der Waals surface area contributed by atoms with Crippen LogP contribution in [0.1, 0.15) is 44.9 Å². The molecule has 2 amide bonds. The van der Waals surface area contributed by atoms with Crippen molar-refractivity contribution in [1.82, 2.24) is 10.2 Å². The fourth-order valence-corrected chi connectivity index (χ4v) is 2.59. The summed E-state index contributed by atoms with van der Waals surface area (Å²) in [7, 11) is 0. The number of aliphatic carboxylic acids is 1. The van der Waals surface area contributed by atoms with Crippen LogP contribution in [0.2, 0.25) is 0 Å². The van der Waals surface area contributed by atoms with Gasteiger partial charge >= 0.3 is 5.97 Å². The molecule has 0 spiro atoms. The summed E-state index contributed by atoms with van der Waals surface area (Å²) in [4.78, 5) is 36.5. The van der Waals surface area contributed by atoms with Crippen LogP contribution in [0.3, 0.4) is 0 Å². The number of nitrogens with zero attached hydrogens (tertiary/aromatic N) is 1. The molecule has 1 atom stereocenters.